The molecule has 3 heterocycles. The van der Waals surface area contributed by atoms with E-state index < -0.39 is 12.2 Å². The molecule has 7 heteroatoms. The Morgan fingerprint density at radius 2 is 1.81 bits per heavy atom. The highest BCUT2D eigenvalue weighted by molar-refractivity contribution is 6.06. The van der Waals surface area contributed by atoms with Gasteiger partial charge in [-0.2, -0.15) is 0 Å². The van der Waals surface area contributed by atoms with E-state index in [4.69, 9.17) is 4.99 Å². The fraction of sp³-hybridized carbons (Fsp3) is 0.421. The molecule has 136 valence electrons. The second-order valence-electron chi connectivity index (χ2n) is 7.37. The molecule has 0 N–H and O–H groups in total. The lowest BCUT2D eigenvalue weighted by molar-refractivity contribution is -0.135. The van der Waals surface area contributed by atoms with Gasteiger partial charge in [0.2, 0.25) is 5.96 Å². The number of carbonyl (C=O) groups is 2. The number of benzene rings is 1. The highest BCUT2D eigenvalue weighted by atomic mass is 16.2. The largest absolute Gasteiger partial charge is 0.328 e. The summed E-state index contributed by atoms with van der Waals surface area (Å²) in [4.78, 5) is 36.6. The van der Waals surface area contributed by atoms with E-state index in [1.165, 1.54) is 11.9 Å². The van der Waals surface area contributed by atoms with Crippen LogP contribution in [-0.4, -0.2) is 70.3 Å². The first kappa shape index (κ1) is 16.6. The number of hydrogen-bond donors (Lipinski definition) is 0. The molecule has 1 saturated heterocycles. The van der Waals surface area contributed by atoms with Crippen molar-refractivity contribution in [2.24, 2.45) is 10.9 Å². The third-order valence-corrected chi connectivity index (χ3v) is 5.04. The van der Waals surface area contributed by atoms with Crippen LogP contribution in [0.15, 0.2) is 41.5 Å². The summed E-state index contributed by atoms with van der Waals surface area (Å²) in [6.45, 7) is 5.10. The van der Waals surface area contributed by atoms with E-state index in [-0.39, 0.29) is 11.9 Å². The van der Waals surface area contributed by atoms with Crippen molar-refractivity contribution in [2.75, 3.05) is 20.6 Å². The van der Waals surface area contributed by atoms with Crippen molar-refractivity contribution in [3.8, 4) is 0 Å². The minimum Gasteiger partial charge on any atom is -0.310 e. The smallest absolute Gasteiger partial charge is 0.310 e. The molecule has 0 radical (unpaired) electrons. The van der Waals surface area contributed by atoms with Crippen molar-refractivity contribution < 1.29 is 9.59 Å². The Balaban J connectivity index is 1.77. The van der Waals surface area contributed by atoms with Gasteiger partial charge >= 0.3 is 6.03 Å². The predicted molar refractivity (Wildman–Crippen MR) is 98.7 cm³/mol. The standard InChI is InChI=1S/C19H23N5O2/c1-12(2)10-23-14(13-8-6-5-7-9-13)11-24-15-16(20-18(23)24)21(3)19(26)22(4)17(15)25/h5-9,11-12,15-16H,10H2,1-4H3. The van der Waals surface area contributed by atoms with E-state index in [1.54, 1.807) is 11.9 Å². The van der Waals surface area contributed by atoms with Crippen LogP contribution in [0, 0.1) is 5.92 Å². The maximum atomic E-state index is 12.8. The van der Waals surface area contributed by atoms with Crippen LogP contribution in [0.3, 0.4) is 0 Å². The summed E-state index contributed by atoms with van der Waals surface area (Å²) in [7, 11) is 3.23. The van der Waals surface area contributed by atoms with E-state index >= 15 is 0 Å². The molecule has 0 spiro atoms. The highest BCUT2D eigenvalue weighted by Gasteiger charge is 2.53. The minimum atomic E-state index is -0.506. The first-order valence-electron chi connectivity index (χ1n) is 8.85. The third kappa shape index (κ3) is 2.30. The maximum Gasteiger partial charge on any atom is 0.328 e. The van der Waals surface area contributed by atoms with Gasteiger partial charge < -0.3 is 14.7 Å². The average molecular weight is 353 g/mol. The maximum absolute atomic E-state index is 12.8. The molecule has 7 nitrogen and oxygen atoms in total. The topological polar surface area (TPSA) is 59.5 Å². The second-order valence-corrected chi connectivity index (χ2v) is 7.37. The molecule has 0 bridgehead atoms. The molecule has 0 aliphatic carbocycles. The van der Waals surface area contributed by atoms with Crippen molar-refractivity contribution in [1.82, 2.24) is 19.6 Å². The predicted octanol–water partition coefficient (Wildman–Crippen LogP) is 1.85. The number of fused-ring (bicyclic) bond motifs is 3. The van der Waals surface area contributed by atoms with Gasteiger partial charge in [0.15, 0.2) is 12.2 Å². The van der Waals surface area contributed by atoms with E-state index in [0.717, 1.165) is 23.8 Å². The van der Waals surface area contributed by atoms with Crippen LogP contribution in [0.5, 0.6) is 0 Å². The number of aliphatic imine (C=N–C) groups is 1. The molecule has 1 aromatic carbocycles. The lowest BCUT2D eigenvalue weighted by atomic mass is 10.1. The van der Waals surface area contributed by atoms with Crippen molar-refractivity contribution in [3.05, 3.63) is 42.1 Å². The number of urea groups is 1. The van der Waals surface area contributed by atoms with Gasteiger partial charge in [0.05, 0.1) is 5.70 Å². The quantitative estimate of drug-likeness (QED) is 0.832. The Morgan fingerprint density at radius 3 is 2.46 bits per heavy atom. The summed E-state index contributed by atoms with van der Waals surface area (Å²) in [6, 6.07) is 9.29. The third-order valence-electron chi connectivity index (χ3n) is 5.04. The van der Waals surface area contributed by atoms with Crippen LogP contribution in [0.4, 0.5) is 4.79 Å². The molecule has 2 atom stereocenters. The molecule has 3 amide bonds. The summed E-state index contributed by atoms with van der Waals surface area (Å²) >= 11 is 0. The van der Waals surface area contributed by atoms with Gasteiger partial charge in [0, 0.05) is 26.8 Å². The monoisotopic (exact) mass is 353 g/mol. The van der Waals surface area contributed by atoms with Crippen LogP contribution in [0.25, 0.3) is 5.70 Å². The molecular formula is C19H23N5O2. The molecule has 0 saturated carbocycles. The van der Waals surface area contributed by atoms with E-state index in [1.807, 2.05) is 29.3 Å². The van der Waals surface area contributed by atoms with Gasteiger partial charge in [-0.15, -0.1) is 0 Å². The van der Waals surface area contributed by atoms with Crippen LogP contribution in [0.2, 0.25) is 0 Å². The SMILES string of the molecule is CC(C)CN1C(c2ccccc2)=CN2C1=NC1C2C(=O)N(C)C(=O)N1C. The fourth-order valence-corrected chi connectivity index (χ4v) is 3.75. The number of nitrogens with zero attached hydrogens (tertiary/aromatic N) is 5. The lowest BCUT2D eigenvalue weighted by Gasteiger charge is -2.38. The average Bonchev–Trinajstić information content (AvgIpc) is 3.16. The van der Waals surface area contributed by atoms with Crippen LogP contribution in [0.1, 0.15) is 19.4 Å². The van der Waals surface area contributed by atoms with Gasteiger partial charge in [0.1, 0.15) is 0 Å². The lowest BCUT2D eigenvalue weighted by Crippen LogP contribution is -2.63. The summed E-state index contributed by atoms with van der Waals surface area (Å²) in [6.07, 6.45) is 1.51. The molecule has 26 heavy (non-hydrogen) atoms. The zero-order valence-corrected chi connectivity index (χ0v) is 15.5. The van der Waals surface area contributed by atoms with Gasteiger partial charge in [-0.25, -0.2) is 9.79 Å². The molecule has 0 aromatic heterocycles. The van der Waals surface area contributed by atoms with Gasteiger partial charge in [-0.3, -0.25) is 9.69 Å². The molecule has 1 aromatic rings. The molecule has 4 rings (SSSR count). The number of amides is 3. The molecule has 2 unspecified atom stereocenters. The summed E-state index contributed by atoms with van der Waals surface area (Å²) in [5.74, 6) is 0.952. The summed E-state index contributed by atoms with van der Waals surface area (Å²) < 4.78 is 0. The zero-order chi connectivity index (χ0) is 18.6. The minimum absolute atomic E-state index is 0.216. The van der Waals surface area contributed by atoms with Crippen LogP contribution >= 0.6 is 0 Å². The van der Waals surface area contributed by atoms with E-state index in [2.05, 4.69) is 30.9 Å². The number of likely N-dealkylation sites (N-methyl/N-ethyl adjacent to an activating group) is 2. The molecule has 3 aliphatic rings. The zero-order valence-electron chi connectivity index (χ0n) is 15.5. The first-order valence-corrected chi connectivity index (χ1v) is 8.85. The second kappa shape index (κ2) is 5.86. The number of guanidine groups is 1. The van der Waals surface area contributed by atoms with Crippen molar-refractivity contribution in [1.29, 1.82) is 0 Å². The first-order chi connectivity index (χ1) is 12.4. The van der Waals surface area contributed by atoms with Gasteiger partial charge in [-0.05, 0) is 11.5 Å². The van der Waals surface area contributed by atoms with Gasteiger partial charge in [-0.1, -0.05) is 44.2 Å². The number of imide groups is 1. The normalized spacial score (nSPS) is 25.0. The van der Waals surface area contributed by atoms with Gasteiger partial charge in [0.25, 0.3) is 5.91 Å². The number of carbonyl (C=O) groups excluding carboxylic acids is 2. The fourth-order valence-electron chi connectivity index (χ4n) is 3.75. The van der Waals surface area contributed by atoms with Crippen LogP contribution < -0.4 is 0 Å². The molecular weight excluding hydrogens is 330 g/mol. The van der Waals surface area contributed by atoms with Crippen molar-refractivity contribution in [2.45, 2.75) is 26.1 Å². The number of hydrogen-bond acceptors (Lipinski definition) is 5. The highest BCUT2D eigenvalue weighted by Crippen LogP contribution is 2.37. The molecule has 1 fully saturated rings. The van der Waals surface area contributed by atoms with Crippen molar-refractivity contribution in [3.63, 3.8) is 0 Å². The summed E-state index contributed by atoms with van der Waals surface area (Å²) in [5, 5.41) is 0. The summed E-state index contributed by atoms with van der Waals surface area (Å²) in [5.41, 5.74) is 2.12. The molecule has 3 aliphatic heterocycles. The van der Waals surface area contributed by atoms with Crippen molar-refractivity contribution >= 4 is 23.6 Å². The van der Waals surface area contributed by atoms with E-state index in [9.17, 15) is 9.59 Å². The Bertz CT molecular complexity index is 816. The Morgan fingerprint density at radius 1 is 1.12 bits per heavy atom. The van der Waals surface area contributed by atoms with Crippen LogP contribution in [-0.2, 0) is 4.79 Å². The Labute approximate surface area is 153 Å². The van der Waals surface area contributed by atoms with E-state index in [0.29, 0.717) is 5.92 Å². The number of rotatable bonds is 3. The Kier molecular flexibility index (Phi) is 3.75. The Hall–Kier alpha value is -2.83.